The number of nitrogens with two attached hydrogens (primary N) is 1. The summed E-state index contributed by atoms with van der Waals surface area (Å²) in [5.74, 6) is -14.1. The van der Waals surface area contributed by atoms with Gasteiger partial charge < -0.3 is 20.7 Å². The van der Waals surface area contributed by atoms with Gasteiger partial charge in [0.1, 0.15) is 11.9 Å². The first kappa shape index (κ1) is 28.1. The highest BCUT2D eigenvalue weighted by Crippen LogP contribution is 2.55. The fraction of sp³-hybridized carbons (Fsp3) is 0.586. The number of phenolic OH excluding ortho intramolecular Hbond substituents is 1. The molecule has 8 atom stereocenters. The Morgan fingerprint density at radius 3 is 2.30 bits per heavy atom. The lowest BCUT2D eigenvalue weighted by molar-refractivity contribution is -0.207. The van der Waals surface area contributed by atoms with Crippen LogP contribution in [0.5, 0.6) is 5.75 Å². The van der Waals surface area contributed by atoms with Gasteiger partial charge in [-0.25, -0.2) is 0 Å². The Morgan fingerprint density at radius 2 is 1.70 bits per heavy atom. The second kappa shape index (κ2) is 9.88. The normalized spacial score (nSPS) is 36.1. The van der Waals surface area contributed by atoms with Crippen LogP contribution in [-0.2, 0) is 28.7 Å². The molecule has 3 fully saturated rings. The molecule has 4 N–H and O–H groups in total. The van der Waals surface area contributed by atoms with Crippen LogP contribution in [0, 0.1) is 29.6 Å². The van der Waals surface area contributed by atoms with E-state index < -0.39 is 88.3 Å². The number of amides is 1. The number of ether oxygens (including phenoxy) is 1. The number of nitrogens with zero attached hydrogens (tertiary/aromatic N) is 1. The number of aliphatic hydroxyl groups is 1. The lowest BCUT2D eigenvalue weighted by Gasteiger charge is -2.56. The van der Waals surface area contributed by atoms with Crippen LogP contribution in [-0.4, -0.2) is 82.0 Å². The summed E-state index contributed by atoms with van der Waals surface area (Å²) in [5.41, 5.74) is 2.70. The molecular formula is C29H34N2O9. The van der Waals surface area contributed by atoms with Crippen molar-refractivity contribution in [3.05, 3.63) is 29.3 Å². The van der Waals surface area contributed by atoms with Crippen LogP contribution in [0.3, 0.4) is 0 Å². The van der Waals surface area contributed by atoms with E-state index in [1.807, 2.05) is 0 Å². The maximum atomic E-state index is 14.2. The van der Waals surface area contributed by atoms with E-state index in [2.05, 4.69) is 0 Å². The number of Topliss-reactive ketones (excluding diaryl/α,β-unsaturated/α-hetero) is 4. The van der Waals surface area contributed by atoms with Gasteiger partial charge in [-0.15, -0.1) is 0 Å². The number of carbonyl (C=O) groups is 6. The predicted octanol–water partition coefficient (Wildman–Crippen LogP) is 0.530. The fourth-order valence-electron chi connectivity index (χ4n) is 7.63. The number of fused-ring (bicyclic) bond motifs is 3. The Hall–Kier alpha value is -3.44. The molecule has 4 aliphatic rings. The Kier molecular flexibility index (Phi) is 6.94. The van der Waals surface area contributed by atoms with Crippen molar-refractivity contribution in [1.82, 2.24) is 4.90 Å². The summed E-state index contributed by atoms with van der Waals surface area (Å²) < 4.78 is 6.11. The van der Waals surface area contributed by atoms with Gasteiger partial charge >= 0.3 is 5.97 Å². The van der Waals surface area contributed by atoms with Gasteiger partial charge in [-0.1, -0.05) is 38.3 Å². The standard InChI is InChI=1S/C29H34N2O9/c1-12-14-10-7-11-15(32)17(14)22(33)18-16(12)24(40-28(38)13-8-5-4-6-9-13)20-21(31(2)3)23(34)19(27(30)37)26(36)29(20,39)25(18)35/h7,10-13,16,18-21,24,32,39H,4-6,8-9H2,1-3H3,(H2,30,37)/t12?,16?,18?,19?,20?,21-,24?,29-/m0/s1. The van der Waals surface area contributed by atoms with E-state index in [-0.39, 0.29) is 11.3 Å². The average molecular weight is 555 g/mol. The monoisotopic (exact) mass is 554 g/mol. The number of primary amides is 1. The number of likely N-dealkylation sites (N-methyl/N-ethyl adjacent to an activating group) is 1. The molecule has 214 valence electrons. The summed E-state index contributed by atoms with van der Waals surface area (Å²) in [4.78, 5) is 82.5. The highest BCUT2D eigenvalue weighted by atomic mass is 16.5. The number of carbonyl (C=O) groups excluding carboxylic acids is 6. The fourth-order valence-corrected chi connectivity index (χ4v) is 7.63. The number of benzene rings is 1. The summed E-state index contributed by atoms with van der Waals surface area (Å²) in [6, 6.07) is 3.08. The Bertz CT molecular complexity index is 1320. The van der Waals surface area contributed by atoms with E-state index in [1.54, 1.807) is 19.1 Å². The van der Waals surface area contributed by atoms with Crippen LogP contribution in [0.15, 0.2) is 18.2 Å². The Balaban J connectivity index is 1.73. The first-order valence-electron chi connectivity index (χ1n) is 13.7. The minimum absolute atomic E-state index is 0.112. The zero-order valence-electron chi connectivity index (χ0n) is 22.7. The molecule has 11 heteroatoms. The van der Waals surface area contributed by atoms with Crippen LogP contribution in [0.2, 0.25) is 0 Å². The van der Waals surface area contributed by atoms with Crippen molar-refractivity contribution in [2.75, 3.05) is 14.1 Å². The Morgan fingerprint density at radius 1 is 1.05 bits per heavy atom. The zero-order valence-corrected chi connectivity index (χ0v) is 22.7. The van der Waals surface area contributed by atoms with Gasteiger partial charge in [0.15, 0.2) is 34.7 Å². The third kappa shape index (κ3) is 3.85. The van der Waals surface area contributed by atoms with Gasteiger partial charge in [0, 0.05) is 5.92 Å². The number of aromatic hydroxyl groups is 1. The molecule has 5 rings (SSSR count). The summed E-state index contributed by atoms with van der Waals surface area (Å²) >= 11 is 0. The molecule has 40 heavy (non-hydrogen) atoms. The number of rotatable bonds is 4. The van der Waals surface area contributed by atoms with Crippen molar-refractivity contribution < 1.29 is 43.7 Å². The molecule has 0 heterocycles. The summed E-state index contributed by atoms with van der Waals surface area (Å²) in [5, 5.41) is 22.6. The number of hydrogen-bond acceptors (Lipinski definition) is 10. The van der Waals surface area contributed by atoms with Crippen LogP contribution in [0.4, 0.5) is 0 Å². The average Bonchev–Trinajstić information content (AvgIpc) is 2.90. The second-order valence-electron chi connectivity index (χ2n) is 11.9. The molecule has 0 aliphatic heterocycles. The molecule has 1 aromatic rings. The van der Waals surface area contributed by atoms with Gasteiger partial charge in [-0.05, 0) is 44.5 Å². The molecule has 0 radical (unpaired) electrons. The summed E-state index contributed by atoms with van der Waals surface area (Å²) in [7, 11) is 2.96. The molecule has 6 unspecified atom stereocenters. The van der Waals surface area contributed by atoms with Crippen molar-refractivity contribution in [2.24, 2.45) is 35.3 Å². The van der Waals surface area contributed by atoms with Gasteiger partial charge in [0.25, 0.3) is 0 Å². The Labute approximate surface area is 231 Å². The highest BCUT2D eigenvalue weighted by molar-refractivity contribution is 6.32. The second-order valence-corrected chi connectivity index (χ2v) is 11.9. The maximum absolute atomic E-state index is 14.2. The van der Waals surface area contributed by atoms with E-state index >= 15 is 0 Å². The maximum Gasteiger partial charge on any atom is 0.309 e. The van der Waals surface area contributed by atoms with Crippen LogP contribution in [0.1, 0.15) is 60.9 Å². The van der Waals surface area contributed by atoms with E-state index in [9.17, 15) is 39.0 Å². The van der Waals surface area contributed by atoms with Crippen molar-refractivity contribution in [1.29, 1.82) is 0 Å². The summed E-state index contributed by atoms with van der Waals surface area (Å²) in [6.07, 6.45) is 2.36. The number of ketones is 4. The van der Waals surface area contributed by atoms with E-state index in [0.29, 0.717) is 18.4 Å². The minimum Gasteiger partial charge on any atom is -0.507 e. The molecule has 4 aliphatic carbocycles. The van der Waals surface area contributed by atoms with Crippen LogP contribution in [0.25, 0.3) is 0 Å². The van der Waals surface area contributed by atoms with Crippen LogP contribution < -0.4 is 5.73 Å². The van der Waals surface area contributed by atoms with Gasteiger partial charge in [-0.2, -0.15) is 0 Å². The van der Waals surface area contributed by atoms with Gasteiger partial charge in [0.2, 0.25) is 5.91 Å². The molecule has 0 aromatic heterocycles. The number of phenols is 1. The molecule has 1 amide bonds. The number of esters is 1. The molecular weight excluding hydrogens is 520 g/mol. The van der Waals surface area contributed by atoms with Gasteiger partial charge in [-0.3, -0.25) is 33.7 Å². The number of hydrogen-bond donors (Lipinski definition) is 3. The highest BCUT2D eigenvalue weighted by Gasteiger charge is 2.74. The van der Waals surface area contributed by atoms with E-state index in [0.717, 1.165) is 19.3 Å². The lowest BCUT2D eigenvalue weighted by atomic mass is 9.49. The molecule has 1 aromatic carbocycles. The molecule has 0 bridgehead atoms. The lowest BCUT2D eigenvalue weighted by Crippen LogP contribution is -2.78. The largest absolute Gasteiger partial charge is 0.507 e. The quantitative estimate of drug-likeness (QED) is 0.351. The first-order chi connectivity index (χ1) is 18.8. The molecule has 0 saturated heterocycles. The van der Waals surface area contributed by atoms with Crippen molar-refractivity contribution in [3.8, 4) is 5.75 Å². The minimum atomic E-state index is -3.02. The SMILES string of the molecule is CC1c2cccc(O)c2C(=O)C2C(=O)[C@]3(O)C(=O)C(C(N)=O)C(=O)[C@@H](N(C)C)C3C(OC(=O)C3CCCCC3)C21. The predicted molar refractivity (Wildman–Crippen MR) is 138 cm³/mol. The molecule has 11 nitrogen and oxygen atoms in total. The van der Waals surface area contributed by atoms with Crippen molar-refractivity contribution in [2.45, 2.75) is 62.7 Å². The van der Waals surface area contributed by atoms with Crippen LogP contribution >= 0.6 is 0 Å². The summed E-state index contributed by atoms with van der Waals surface area (Å²) in [6.45, 7) is 1.71. The third-order valence-corrected chi connectivity index (χ3v) is 9.52. The van der Waals surface area contributed by atoms with E-state index in [4.69, 9.17) is 10.5 Å². The topological polar surface area (TPSA) is 181 Å². The smallest absolute Gasteiger partial charge is 0.309 e. The third-order valence-electron chi connectivity index (χ3n) is 9.52. The molecule has 3 saturated carbocycles. The first-order valence-corrected chi connectivity index (χ1v) is 13.7. The van der Waals surface area contributed by atoms with Crippen molar-refractivity contribution in [3.63, 3.8) is 0 Å². The zero-order chi connectivity index (χ0) is 29.3. The van der Waals surface area contributed by atoms with Gasteiger partial charge in [0.05, 0.1) is 29.4 Å². The van der Waals surface area contributed by atoms with E-state index in [1.165, 1.54) is 25.1 Å². The molecule has 0 spiro atoms. The van der Waals surface area contributed by atoms with Crippen molar-refractivity contribution >= 4 is 35.0 Å².